The van der Waals surface area contributed by atoms with E-state index in [2.05, 4.69) is 0 Å². The van der Waals surface area contributed by atoms with E-state index < -0.39 is 5.60 Å². The lowest BCUT2D eigenvalue weighted by Crippen LogP contribution is -2.39. The van der Waals surface area contributed by atoms with Crippen LogP contribution in [0, 0.1) is 5.92 Å². The molecule has 0 bridgehead atoms. The summed E-state index contributed by atoms with van der Waals surface area (Å²) < 4.78 is 0. The van der Waals surface area contributed by atoms with Crippen LogP contribution in [0.2, 0.25) is 0 Å². The first kappa shape index (κ1) is 11.9. The maximum atomic E-state index is 11.9. The van der Waals surface area contributed by atoms with Crippen LogP contribution in [0.1, 0.15) is 51.4 Å². The molecule has 3 nitrogen and oxygen atoms in total. The second-order valence-corrected chi connectivity index (χ2v) is 5.68. The van der Waals surface area contributed by atoms with E-state index in [1.807, 2.05) is 11.9 Å². The van der Waals surface area contributed by atoms with E-state index in [1.54, 1.807) is 0 Å². The standard InChI is InChI=1S/C13H23NO2/c1-14(10-11-5-4-6-11)12(15)9-13(16)7-2-3-8-13/h11,16H,2-10H2,1H3. The van der Waals surface area contributed by atoms with Crippen LogP contribution in [-0.4, -0.2) is 35.1 Å². The average Bonchev–Trinajstić information content (AvgIpc) is 2.58. The van der Waals surface area contributed by atoms with Gasteiger partial charge in [-0.2, -0.15) is 0 Å². The molecule has 2 fully saturated rings. The Bertz CT molecular complexity index is 255. The van der Waals surface area contributed by atoms with Gasteiger partial charge >= 0.3 is 0 Å². The number of carbonyl (C=O) groups is 1. The molecule has 92 valence electrons. The third-order valence-electron chi connectivity index (χ3n) is 4.20. The van der Waals surface area contributed by atoms with Gasteiger partial charge in [0.05, 0.1) is 12.0 Å². The molecule has 2 aliphatic rings. The normalized spacial score (nSPS) is 24.1. The molecule has 0 unspecified atom stereocenters. The second-order valence-electron chi connectivity index (χ2n) is 5.68. The maximum absolute atomic E-state index is 11.9. The Balaban J connectivity index is 1.77. The zero-order valence-corrected chi connectivity index (χ0v) is 10.2. The van der Waals surface area contributed by atoms with Crippen LogP contribution in [-0.2, 0) is 4.79 Å². The number of aliphatic hydroxyl groups is 1. The Labute approximate surface area is 97.8 Å². The Morgan fingerprint density at radius 1 is 1.31 bits per heavy atom. The van der Waals surface area contributed by atoms with Crippen molar-refractivity contribution in [2.45, 2.75) is 57.0 Å². The van der Waals surface area contributed by atoms with Crippen molar-refractivity contribution in [1.29, 1.82) is 0 Å². The highest BCUT2D eigenvalue weighted by Gasteiger charge is 2.34. The number of hydrogen-bond acceptors (Lipinski definition) is 2. The van der Waals surface area contributed by atoms with Crippen molar-refractivity contribution in [3.05, 3.63) is 0 Å². The summed E-state index contributed by atoms with van der Waals surface area (Å²) in [6.45, 7) is 0.884. The lowest BCUT2D eigenvalue weighted by molar-refractivity contribution is -0.135. The zero-order chi connectivity index (χ0) is 11.6. The molecule has 2 aliphatic carbocycles. The minimum Gasteiger partial charge on any atom is -0.389 e. The fourth-order valence-electron chi connectivity index (χ4n) is 2.79. The van der Waals surface area contributed by atoms with Crippen molar-refractivity contribution in [2.75, 3.05) is 13.6 Å². The van der Waals surface area contributed by atoms with Crippen LogP contribution in [0.5, 0.6) is 0 Å². The highest BCUT2D eigenvalue weighted by Crippen LogP contribution is 2.33. The van der Waals surface area contributed by atoms with Gasteiger partial charge in [-0.3, -0.25) is 4.79 Å². The molecule has 0 spiro atoms. The van der Waals surface area contributed by atoms with Gasteiger partial charge in [0.1, 0.15) is 0 Å². The van der Waals surface area contributed by atoms with E-state index in [0.29, 0.717) is 12.3 Å². The van der Waals surface area contributed by atoms with Gasteiger partial charge < -0.3 is 10.0 Å². The molecule has 0 aromatic rings. The quantitative estimate of drug-likeness (QED) is 0.794. The Morgan fingerprint density at radius 3 is 2.44 bits per heavy atom. The Kier molecular flexibility index (Phi) is 3.53. The van der Waals surface area contributed by atoms with Crippen LogP contribution >= 0.6 is 0 Å². The molecule has 0 atom stereocenters. The summed E-state index contributed by atoms with van der Waals surface area (Å²) in [5.74, 6) is 0.837. The molecule has 2 rings (SSSR count). The lowest BCUT2D eigenvalue weighted by atomic mass is 9.85. The molecule has 1 N–H and O–H groups in total. The van der Waals surface area contributed by atoms with Crippen LogP contribution in [0.3, 0.4) is 0 Å². The van der Waals surface area contributed by atoms with E-state index in [4.69, 9.17) is 0 Å². The van der Waals surface area contributed by atoms with Crippen molar-refractivity contribution < 1.29 is 9.90 Å². The molecule has 0 radical (unpaired) electrons. The minimum absolute atomic E-state index is 0.122. The van der Waals surface area contributed by atoms with Crippen LogP contribution in [0.15, 0.2) is 0 Å². The van der Waals surface area contributed by atoms with E-state index in [0.717, 1.165) is 32.2 Å². The van der Waals surface area contributed by atoms with Gasteiger partial charge in [-0.25, -0.2) is 0 Å². The van der Waals surface area contributed by atoms with Crippen molar-refractivity contribution in [2.24, 2.45) is 5.92 Å². The monoisotopic (exact) mass is 225 g/mol. The fourth-order valence-corrected chi connectivity index (χ4v) is 2.79. The third-order valence-corrected chi connectivity index (χ3v) is 4.20. The number of carbonyl (C=O) groups excluding carboxylic acids is 1. The molecule has 1 amide bonds. The van der Waals surface area contributed by atoms with Gasteiger partial charge in [-0.15, -0.1) is 0 Å². The lowest BCUT2D eigenvalue weighted by Gasteiger charge is -2.32. The second kappa shape index (κ2) is 4.74. The van der Waals surface area contributed by atoms with Gasteiger partial charge in [0.15, 0.2) is 0 Å². The van der Waals surface area contributed by atoms with Crippen LogP contribution < -0.4 is 0 Å². The van der Waals surface area contributed by atoms with Gasteiger partial charge in [0.2, 0.25) is 5.91 Å². The van der Waals surface area contributed by atoms with Gasteiger partial charge in [0.25, 0.3) is 0 Å². The van der Waals surface area contributed by atoms with Gasteiger partial charge in [-0.05, 0) is 31.6 Å². The third kappa shape index (κ3) is 2.76. The van der Waals surface area contributed by atoms with E-state index in [1.165, 1.54) is 19.3 Å². The summed E-state index contributed by atoms with van der Waals surface area (Å²) >= 11 is 0. The largest absolute Gasteiger partial charge is 0.389 e. The van der Waals surface area contributed by atoms with Crippen molar-refractivity contribution in [3.8, 4) is 0 Å². The van der Waals surface area contributed by atoms with Gasteiger partial charge in [-0.1, -0.05) is 19.3 Å². The van der Waals surface area contributed by atoms with Crippen molar-refractivity contribution in [1.82, 2.24) is 4.90 Å². The zero-order valence-electron chi connectivity index (χ0n) is 10.2. The van der Waals surface area contributed by atoms with Crippen molar-refractivity contribution >= 4 is 5.91 Å². The van der Waals surface area contributed by atoms with E-state index >= 15 is 0 Å². The summed E-state index contributed by atoms with van der Waals surface area (Å²) in [5, 5.41) is 10.2. The fraction of sp³-hybridized carbons (Fsp3) is 0.923. The number of amides is 1. The number of hydrogen-bond donors (Lipinski definition) is 1. The molecular weight excluding hydrogens is 202 g/mol. The summed E-state index contributed by atoms with van der Waals surface area (Å²) in [6.07, 6.45) is 7.91. The summed E-state index contributed by atoms with van der Waals surface area (Å²) in [6, 6.07) is 0. The Hall–Kier alpha value is -0.570. The first-order chi connectivity index (χ1) is 7.59. The molecule has 0 aromatic carbocycles. The first-order valence-electron chi connectivity index (χ1n) is 6.55. The first-order valence-corrected chi connectivity index (χ1v) is 6.55. The number of rotatable bonds is 4. The maximum Gasteiger partial charge on any atom is 0.225 e. The topological polar surface area (TPSA) is 40.5 Å². The predicted molar refractivity (Wildman–Crippen MR) is 63.0 cm³/mol. The average molecular weight is 225 g/mol. The van der Waals surface area contributed by atoms with E-state index in [9.17, 15) is 9.90 Å². The van der Waals surface area contributed by atoms with Crippen molar-refractivity contribution in [3.63, 3.8) is 0 Å². The molecule has 16 heavy (non-hydrogen) atoms. The van der Waals surface area contributed by atoms with Crippen LogP contribution in [0.4, 0.5) is 0 Å². The smallest absolute Gasteiger partial charge is 0.225 e. The molecule has 0 saturated heterocycles. The predicted octanol–water partition coefficient (Wildman–Crippen LogP) is 1.94. The van der Waals surface area contributed by atoms with Gasteiger partial charge in [0, 0.05) is 13.6 Å². The Morgan fingerprint density at radius 2 is 1.94 bits per heavy atom. The van der Waals surface area contributed by atoms with E-state index in [-0.39, 0.29) is 5.91 Å². The molecule has 0 aliphatic heterocycles. The number of nitrogens with zero attached hydrogens (tertiary/aromatic N) is 1. The molecule has 0 aromatic heterocycles. The molecular formula is C13H23NO2. The molecule has 3 heteroatoms. The highest BCUT2D eigenvalue weighted by molar-refractivity contribution is 5.77. The van der Waals surface area contributed by atoms with Crippen LogP contribution in [0.25, 0.3) is 0 Å². The molecule has 0 heterocycles. The summed E-state index contributed by atoms with van der Waals surface area (Å²) in [7, 11) is 1.87. The minimum atomic E-state index is -0.690. The summed E-state index contributed by atoms with van der Waals surface area (Å²) in [4.78, 5) is 13.8. The summed E-state index contributed by atoms with van der Waals surface area (Å²) in [5.41, 5.74) is -0.690. The molecule has 2 saturated carbocycles. The highest BCUT2D eigenvalue weighted by atomic mass is 16.3. The SMILES string of the molecule is CN(CC1CCC1)C(=O)CC1(O)CCCC1.